The quantitative estimate of drug-likeness (QED) is 0.736. The van der Waals surface area contributed by atoms with E-state index in [1.165, 1.54) is 18.4 Å². The van der Waals surface area contributed by atoms with Crippen molar-refractivity contribution >= 4 is 0 Å². The number of halogens is 2. The van der Waals surface area contributed by atoms with Crippen LogP contribution in [-0.4, -0.2) is 4.98 Å². The highest BCUT2D eigenvalue weighted by Crippen LogP contribution is 2.19. The van der Waals surface area contributed by atoms with Crippen LogP contribution in [0.2, 0.25) is 0 Å². The second-order valence-corrected chi connectivity index (χ2v) is 2.79. The van der Waals surface area contributed by atoms with Crippen molar-refractivity contribution in [1.29, 1.82) is 0 Å². The summed E-state index contributed by atoms with van der Waals surface area (Å²) in [5.41, 5.74) is 0.717. The lowest BCUT2D eigenvalue weighted by molar-refractivity contribution is 0.473. The van der Waals surface area contributed by atoms with Gasteiger partial charge < -0.3 is 4.42 Å². The van der Waals surface area contributed by atoms with Gasteiger partial charge in [0, 0.05) is 5.56 Å². The number of rotatable bonds is 2. The SMILES string of the molecule is FCc1coc(-c2cccc(F)c2)n1. The number of oxazole rings is 1. The summed E-state index contributed by atoms with van der Waals surface area (Å²) in [7, 11) is 0. The number of alkyl halides is 1. The first kappa shape index (κ1) is 8.87. The van der Waals surface area contributed by atoms with Gasteiger partial charge in [-0.05, 0) is 18.2 Å². The zero-order valence-electron chi connectivity index (χ0n) is 7.21. The van der Waals surface area contributed by atoms with Crippen LogP contribution in [0.5, 0.6) is 0 Å². The number of benzene rings is 1. The molecule has 0 spiro atoms. The van der Waals surface area contributed by atoms with Gasteiger partial charge >= 0.3 is 0 Å². The summed E-state index contributed by atoms with van der Waals surface area (Å²) in [6.45, 7) is -0.682. The van der Waals surface area contributed by atoms with Gasteiger partial charge in [-0.3, -0.25) is 0 Å². The van der Waals surface area contributed by atoms with Gasteiger partial charge in [0.2, 0.25) is 5.89 Å². The molecule has 2 aromatic rings. The maximum Gasteiger partial charge on any atom is 0.226 e. The average Bonchev–Trinajstić information content (AvgIpc) is 2.66. The van der Waals surface area contributed by atoms with Gasteiger partial charge in [-0.1, -0.05) is 6.07 Å². The Balaban J connectivity index is 2.39. The topological polar surface area (TPSA) is 26.0 Å². The van der Waals surface area contributed by atoms with Crippen molar-refractivity contribution < 1.29 is 13.2 Å². The van der Waals surface area contributed by atoms with E-state index in [1.807, 2.05) is 0 Å². The van der Waals surface area contributed by atoms with Crippen LogP contribution in [0.3, 0.4) is 0 Å². The summed E-state index contributed by atoms with van der Waals surface area (Å²) in [6.07, 6.45) is 1.22. The molecule has 0 amide bonds. The Kier molecular flexibility index (Phi) is 2.26. The van der Waals surface area contributed by atoms with E-state index in [2.05, 4.69) is 4.98 Å². The van der Waals surface area contributed by atoms with E-state index in [1.54, 1.807) is 12.1 Å². The minimum atomic E-state index is -0.682. The van der Waals surface area contributed by atoms with Crippen molar-refractivity contribution in [2.75, 3.05) is 0 Å². The van der Waals surface area contributed by atoms with E-state index in [9.17, 15) is 8.78 Å². The third kappa shape index (κ3) is 1.64. The van der Waals surface area contributed by atoms with E-state index < -0.39 is 6.67 Å². The van der Waals surface area contributed by atoms with Gasteiger partial charge in [-0.15, -0.1) is 0 Å². The van der Waals surface area contributed by atoms with E-state index in [0.717, 1.165) is 0 Å². The minimum absolute atomic E-state index is 0.212. The van der Waals surface area contributed by atoms with Crippen LogP contribution in [0.4, 0.5) is 8.78 Å². The Morgan fingerprint density at radius 3 is 2.86 bits per heavy atom. The predicted octanol–water partition coefficient (Wildman–Crippen LogP) is 2.95. The van der Waals surface area contributed by atoms with E-state index in [-0.39, 0.29) is 17.4 Å². The van der Waals surface area contributed by atoms with Crippen molar-refractivity contribution in [3.63, 3.8) is 0 Å². The largest absolute Gasteiger partial charge is 0.444 e. The first-order chi connectivity index (χ1) is 6.79. The first-order valence-electron chi connectivity index (χ1n) is 4.06. The molecule has 14 heavy (non-hydrogen) atoms. The van der Waals surface area contributed by atoms with Gasteiger partial charge in [-0.25, -0.2) is 13.8 Å². The third-order valence-corrected chi connectivity index (χ3v) is 1.76. The minimum Gasteiger partial charge on any atom is -0.444 e. The second-order valence-electron chi connectivity index (χ2n) is 2.79. The van der Waals surface area contributed by atoms with Crippen LogP contribution < -0.4 is 0 Å². The van der Waals surface area contributed by atoms with E-state index in [4.69, 9.17) is 4.42 Å². The lowest BCUT2D eigenvalue weighted by atomic mass is 10.2. The molecule has 0 radical (unpaired) electrons. The number of hydrogen-bond acceptors (Lipinski definition) is 2. The Labute approximate surface area is 79.2 Å². The monoisotopic (exact) mass is 195 g/mol. The normalized spacial score (nSPS) is 10.4. The fourth-order valence-electron chi connectivity index (χ4n) is 1.12. The summed E-state index contributed by atoms with van der Waals surface area (Å²) in [4.78, 5) is 3.83. The molecule has 1 heterocycles. The average molecular weight is 195 g/mol. The Hall–Kier alpha value is -1.71. The molecule has 0 atom stereocenters. The van der Waals surface area contributed by atoms with Crippen LogP contribution in [0, 0.1) is 5.82 Å². The van der Waals surface area contributed by atoms with Crippen molar-refractivity contribution in [1.82, 2.24) is 4.98 Å². The molecule has 0 saturated carbocycles. The van der Waals surface area contributed by atoms with E-state index in [0.29, 0.717) is 5.56 Å². The second kappa shape index (κ2) is 3.57. The molecule has 0 saturated heterocycles. The molecule has 1 aromatic heterocycles. The Bertz CT molecular complexity index is 439. The molecule has 1 aromatic carbocycles. The highest BCUT2D eigenvalue weighted by molar-refractivity contribution is 5.52. The van der Waals surface area contributed by atoms with Crippen LogP contribution in [0.25, 0.3) is 11.5 Å². The van der Waals surface area contributed by atoms with Gasteiger partial charge in [0.1, 0.15) is 24.4 Å². The summed E-state index contributed by atoms with van der Waals surface area (Å²) >= 11 is 0. The molecule has 0 aliphatic rings. The number of hydrogen-bond donors (Lipinski definition) is 0. The molecule has 0 aliphatic heterocycles. The van der Waals surface area contributed by atoms with E-state index >= 15 is 0 Å². The summed E-state index contributed by atoms with van der Waals surface area (Å²) in [5, 5.41) is 0. The van der Waals surface area contributed by atoms with Crippen molar-refractivity contribution in [2.45, 2.75) is 6.67 Å². The van der Waals surface area contributed by atoms with Crippen LogP contribution in [0.1, 0.15) is 5.69 Å². The fraction of sp³-hybridized carbons (Fsp3) is 0.100. The highest BCUT2D eigenvalue weighted by Gasteiger charge is 2.06. The number of aromatic nitrogens is 1. The fourth-order valence-corrected chi connectivity index (χ4v) is 1.12. The zero-order valence-corrected chi connectivity index (χ0v) is 7.21. The predicted molar refractivity (Wildman–Crippen MR) is 46.7 cm³/mol. The Morgan fingerprint density at radius 2 is 2.21 bits per heavy atom. The molecule has 4 heteroatoms. The third-order valence-electron chi connectivity index (χ3n) is 1.76. The van der Waals surface area contributed by atoms with Gasteiger partial charge in [0.15, 0.2) is 0 Å². The molecule has 72 valence electrons. The smallest absolute Gasteiger partial charge is 0.226 e. The maximum atomic E-state index is 12.8. The first-order valence-corrected chi connectivity index (χ1v) is 4.06. The highest BCUT2D eigenvalue weighted by atomic mass is 19.1. The molecule has 0 N–H and O–H groups in total. The Morgan fingerprint density at radius 1 is 1.36 bits per heavy atom. The summed E-state index contributed by atoms with van der Waals surface area (Å²) in [5.74, 6) is -0.139. The molecule has 0 fully saturated rings. The van der Waals surface area contributed by atoms with Crippen LogP contribution in [0.15, 0.2) is 34.9 Å². The summed E-state index contributed by atoms with van der Waals surface area (Å²) in [6, 6.07) is 5.80. The molecule has 2 rings (SSSR count). The number of nitrogens with zero attached hydrogens (tertiary/aromatic N) is 1. The summed E-state index contributed by atoms with van der Waals surface area (Å²) < 4.78 is 29.9. The zero-order chi connectivity index (χ0) is 9.97. The van der Waals surface area contributed by atoms with Crippen molar-refractivity contribution in [3.05, 3.63) is 42.0 Å². The van der Waals surface area contributed by atoms with Crippen LogP contribution in [-0.2, 0) is 6.67 Å². The molecule has 0 bridgehead atoms. The van der Waals surface area contributed by atoms with Crippen molar-refractivity contribution in [2.24, 2.45) is 0 Å². The lowest BCUT2D eigenvalue weighted by Gasteiger charge is -1.93. The van der Waals surface area contributed by atoms with Gasteiger partial charge in [0.05, 0.1) is 0 Å². The van der Waals surface area contributed by atoms with Gasteiger partial charge in [0.25, 0.3) is 0 Å². The van der Waals surface area contributed by atoms with Crippen LogP contribution >= 0.6 is 0 Å². The molecule has 2 nitrogen and oxygen atoms in total. The van der Waals surface area contributed by atoms with Crippen molar-refractivity contribution in [3.8, 4) is 11.5 Å². The molecular formula is C10H7F2NO. The molecule has 0 unspecified atom stereocenters. The van der Waals surface area contributed by atoms with Gasteiger partial charge in [-0.2, -0.15) is 0 Å². The molecule has 0 aliphatic carbocycles. The molecular weight excluding hydrogens is 188 g/mol. The lowest BCUT2D eigenvalue weighted by Crippen LogP contribution is -1.81. The maximum absolute atomic E-state index is 12.8. The standard InChI is InChI=1S/C10H7F2NO/c11-5-9-6-14-10(13-9)7-2-1-3-8(12)4-7/h1-4,6H,5H2.